The summed E-state index contributed by atoms with van der Waals surface area (Å²) in [4.78, 5) is 28.4. The quantitative estimate of drug-likeness (QED) is 0.161. The van der Waals surface area contributed by atoms with Crippen LogP contribution in [0.2, 0.25) is 0 Å². The van der Waals surface area contributed by atoms with Crippen molar-refractivity contribution >= 4 is 52.0 Å². The van der Waals surface area contributed by atoms with E-state index in [1.54, 1.807) is 36.6 Å². The first-order valence-corrected chi connectivity index (χ1v) is 17.2. The Balaban J connectivity index is 1.29. The lowest BCUT2D eigenvalue weighted by Gasteiger charge is -2.24. The van der Waals surface area contributed by atoms with Crippen molar-refractivity contribution in [3.8, 4) is 17.2 Å². The van der Waals surface area contributed by atoms with Crippen LogP contribution in [0.5, 0.6) is 11.5 Å². The van der Waals surface area contributed by atoms with Gasteiger partial charge < -0.3 is 14.8 Å². The van der Waals surface area contributed by atoms with Crippen molar-refractivity contribution in [1.82, 2.24) is 25.1 Å². The second-order valence-electron chi connectivity index (χ2n) is 10.5. The van der Waals surface area contributed by atoms with E-state index in [-0.39, 0.29) is 30.2 Å². The normalized spacial score (nSPS) is 14.3. The van der Waals surface area contributed by atoms with Crippen molar-refractivity contribution in [2.75, 3.05) is 20.0 Å². The standard InChI is InChI=1S/C33H32N6O4S3/c1-20-9-5-11-24(21(20)2)38-29(18-34-32(41)28-14-8-16-45-28)35-36-33(38)46-19-30(40)39-25(17-23(37-39)27-13-7-15-44-27)22-10-6-12-26(42-3)31(22)43-4/h5-16,25H,17-19H2,1-4H3,(H,34,41)/t25-/m0/s1. The number of para-hydroxylation sites is 1. The predicted molar refractivity (Wildman–Crippen MR) is 182 cm³/mol. The molecule has 1 atom stereocenters. The number of hydrogen-bond acceptors (Lipinski definition) is 10. The van der Waals surface area contributed by atoms with Crippen LogP contribution in [0, 0.1) is 13.8 Å². The summed E-state index contributed by atoms with van der Waals surface area (Å²) in [5.41, 5.74) is 4.70. The fraction of sp³-hybridized carbons (Fsp3) is 0.242. The summed E-state index contributed by atoms with van der Waals surface area (Å²) in [5.74, 6) is 1.43. The number of benzene rings is 2. The molecule has 10 nitrogen and oxygen atoms in total. The van der Waals surface area contributed by atoms with Crippen molar-refractivity contribution in [1.29, 1.82) is 0 Å². The Labute approximate surface area is 279 Å². The van der Waals surface area contributed by atoms with Crippen LogP contribution < -0.4 is 14.8 Å². The highest BCUT2D eigenvalue weighted by Gasteiger charge is 2.36. The van der Waals surface area contributed by atoms with Crippen molar-refractivity contribution in [3.63, 3.8) is 0 Å². The minimum atomic E-state index is -0.379. The lowest BCUT2D eigenvalue weighted by Crippen LogP contribution is -2.29. The van der Waals surface area contributed by atoms with E-state index in [1.807, 2.05) is 83.8 Å². The lowest BCUT2D eigenvalue weighted by atomic mass is 9.99. The third kappa shape index (κ3) is 6.30. The van der Waals surface area contributed by atoms with Crippen LogP contribution in [0.25, 0.3) is 5.69 Å². The molecule has 0 bridgehead atoms. The molecule has 1 N–H and O–H groups in total. The summed E-state index contributed by atoms with van der Waals surface area (Å²) in [6.07, 6.45) is 0.535. The SMILES string of the molecule is COc1cccc([C@@H]2CC(c3cccs3)=NN2C(=O)CSc2nnc(CNC(=O)c3cccs3)n2-c2cccc(C)c2C)c1OC. The Kier molecular flexibility index (Phi) is 9.52. The van der Waals surface area contributed by atoms with Crippen LogP contribution in [0.15, 0.2) is 81.7 Å². The molecule has 3 aromatic heterocycles. The highest BCUT2D eigenvalue weighted by atomic mass is 32.2. The van der Waals surface area contributed by atoms with Gasteiger partial charge in [0.1, 0.15) is 0 Å². The van der Waals surface area contributed by atoms with Crippen molar-refractivity contribution in [2.24, 2.45) is 5.10 Å². The van der Waals surface area contributed by atoms with E-state index in [1.165, 1.54) is 23.1 Å². The molecule has 236 valence electrons. The second-order valence-corrected chi connectivity index (χ2v) is 13.3. The summed E-state index contributed by atoms with van der Waals surface area (Å²) in [7, 11) is 3.19. The number of thiophene rings is 2. The minimum absolute atomic E-state index is 0.0640. The molecule has 0 spiro atoms. The van der Waals surface area contributed by atoms with Gasteiger partial charge in [-0.3, -0.25) is 14.2 Å². The van der Waals surface area contributed by atoms with Gasteiger partial charge in [0.25, 0.3) is 11.8 Å². The first-order chi connectivity index (χ1) is 22.4. The Bertz CT molecular complexity index is 1890. The zero-order valence-electron chi connectivity index (χ0n) is 25.7. The molecule has 2 aromatic carbocycles. The van der Waals surface area contributed by atoms with Crippen LogP contribution in [-0.2, 0) is 11.3 Å². The Morgan fingerprint density at radius 2 is 1.78 bits per heavy atom. The van der Waals surface area contributed by atoms with E-state index in [4.69, 9.17) is 14.6 Å². The molecule has 0 radical (unpaired) electrons. The van der Waals surface area contributed by atoms with E-state index in [2.05, 4.69) is 15.5 Å². The van der Waals surface area contributed by atoms with Crippen LogP contribution in [0.4, 0.5) is 0 Å². The van der Waals surface area contributed by atoms with Gasteiger partial charge in [-0.2, -0.15) is 5.10 Å². The molecule has 0 aliphatic carbocycles. The first-order valence-electron chi connectivity index (χ1n) is 14.5. The van der Waals surface area contributed by atoms with Crippen molar-refractivity contribution in [2.45, 2.75) is 38.0 Å². The highest BCUT2D eigenvalue weighted by molar-refractivity contribution is 7.99. The zero-order valence-corrected chi connectivity index (χ0v) is 28.2. The minimum Gasteiger partial charge on any atom is -0.493 e. The fourth-order valence-electron chi connectivity index (χ4n) is 5.32. The number of hydrogen-bond donors (Lipinski definition) is 1. The number of aryl methyl sites for hydroxylation is 1. The molecule has 5 aromatic rings. The molecule has 2 amide bonds. The monoisotopic (exact) mass is 672 g/mol. The van der Waals surface area contributed by atoms with E-state index < -0.39 is 0 Å². The maximum absolute atomic E-state index is 14.0. The second kappa shape index (κ2) is 13.9. The number of methoxy groups -OCH3 is 2. The van der Waals surface area contributed by atoms with Crippen molar-refractivity contribution in [3.05, 3.63) is 104 Å². The maximum atomic E-state index is 14.0. The van der Waals surface area contributed by atoms with Gasteiger partial charge in [-0.1, -0.05) is 48.2 Å². The average Bonchev–Trinajstić information content (AvgIpc) is 3.90. The highest BCUT2D eigenvalue weighted by Crippen LogP contribution is 2.42. The van der Waals surface area contributed by atoms with Gasteiger partial charge in [-0.05, 0) is 60.0 Å². The molecule has 46 heavy (non-hydrogen) atoms. The van der Waals surface area contributed by atoms with Crippen LogP contribution in [0.3, 0.4) is 0 Å². The number of carbonyl (C=O) groups is 2. The number of aromatic nitrogens is 3. The molecular formula is C33H32N6O4S3. The molecule has 13 heteroatoms. The molecule has 1 aliphatic heterocycles. The van der Waals surface area contributed by atoms with Gasteiger partial charge in [0.15, 0.2) is 22.5 Å². The Hall–Kier alpha value is -4.46. The third-order valence-corrected chi connectivity index (χ3v) is 10.5. The molecule has 0 fully saturated rings. The van der Waals surface area contributed by atoms with E-state index >= 15 is 0 Å². The Morgan fingerprint density at radius 1 is 0.978 bits per heavy atom. The molecule has 0 saturated carbocycles. The molecular weight excluding hydrogens is 641 g/mol. The number of thioether (sulfide) groups is 1. The van der Waals surface area contributed by atoms with E-state index in [0.29, 0.717) is 33.8 Å². The average molecular weight is 673 g/mol. The largest absolute Gasteiger partial charge is 0.493 e. The smallest absolute Gasteiger partial charge is 0.261 e. The van der Waals surface area contributed by atoms with Crippen LogP contribution in [0.1, 0.15) is 49.5 Å². The number of hydrazone groups is 1. The number of nitrogens with zero attached hydrogens (tertiary/aromatic N) is 5. The summed E-state index contributed by atoms with van der Waals surface area (Å²) in [6.45, 7) is 4.25. The number of rotatable bonds is 11. The van der Waals surface area contributed by atoms with Gasteiger partial charge in [0.2, 0.25) is 0 Å². The molecule has 1 aliphatic rings. The first kappa shape index (κ1) is 31.5. The zero-order chi connectivity index (χ0) is 32.2. The number of nitrogens with one attached hydrogen (secondary N) is 1. The molecule has 4 heterocycles. The Morgan fingerprint density at radius 3 is 2.52 bits per heavy atom. The van der Waals surface area contributed by atoms with E-state index in [0.717, 1.165) is 33.0 Å². The van der Waals surface area contributed by atoms with Gasteiger partial charge in [-0.15, -0.1) is 32.9 Å². The van der Waals surface area contributed by atoms with Gasteiger partial charge >= 0.3 is 0 Å². The molecule has 6 rings (SSSR count). The summed E-state index contributed by atoms with van der Waals surface area (Å²) < 4.78 is 13.2. The predicted octanol–water partition coefficient (Wildman–Crippen LogP) is 6.42. The number of amides is 2. The number of ether oxygens (including phenoxy) is 2. The molecule has 0 unspecified atom stereocenters. The number of carbonyl (C=O) groups excluding carboxylic acids is 2. The van der Waals surface area contributed by atoms with Crippen LogP contribution >= 0.6 is 34.4 Å². The summed E-state index contributed by atoms with van der Waals surface area (Å²) in [6, 6.07) is 18.9. The van der Waals surface area contributed by atoms with Crippen molar-refractivity contribution < 1.29 is 19.1 Å². The third-order valence-electron chi connectivity index (χ3n) is 7.76. The van der Waals surface area contributed by atoms with Gasteiger partial charge in [-0.25, -0.2) is 5.01 Å². The lowest BCUT2D eigenvalue weighted by molar-refractivity contribution is -0.130. The van der Waals surface area contributed by atoms with Gasteiger partial charge in [0.05, 0.1) is 53.7 Å². The molecule has 0 saturated heterocycles. The maximum Gasteiger partial charge on any atom is 0.261 e. The fourth-order valence-corrected chi connectivity index (χ4v) is 7.50. The van der Waals surface area contributed by atoms with E-state index in [9.17, 15) is 9.59 Å². The van der Waals surface area contributed by atoms with Crippen LogP contribution in [-0.4, -0.2) is 57.3 Å². The van der Waals surface area contributed by atoms with Gasteiger partial charge in [0, 0.05) is 12.0 Å². The summed E-state index contributed by atoms with van der Waals surface area (Å²) >= 11 is 4.25. The summed E-state index contributed by atoms with van der Waals surface area (Å²) in [5, 5.41) is 22.7. The topological polar surface area (TPSA) is 111 Å².